The van der Waals surface area contributed by atoms with Gasteiger partial charge in [-0.05, 0) is 43.7 Å². The molecule has 0 radical (unpaired) electrons. The van der Waals surface area contributed by atoms with Gasteiger partial charge in [-0.2, -0.15) is 0 Å². The van der Waals surface area contributed by atoms with Crippen LogP contribution in [0.15, 0.2) is 42.5 Å². The van der Waals surface area contributed by atoms with E-state index in [2.05, 4.69) is 5.32 Å². The van der Waals surface area contributed by atoms with E-state index in [1.54, 1.807) is 30.3 Å². The number of rotatable bonds is 7. The van der Waals surface area contributed by atoms with E-state index in [4.69, 9.17) is 14.2 Å². The van der Waals surface area contributed by atoms with Crippen LogP contribution >= 0.6 is 0 Å². The monoisotopic (exact) mass is 412 g/mol. The summed E-state index contributed by atoms with van der Waals surface area (Å²) in [5, 5.41) is 2.71. The number of carbonyl (C=O) groups excluding carboxylic acids is 3. The van der Waals surface area contributed by atoms with Gasteiger partial charge in [-0.3, -0.25) is 14.4 Å². The Morgan fingerprint density at radius 3 is 2.77 bits per heavy atom. The van der Waals surface area contributed by atoms with Crippen molar-refractivity contribution >= 4 is 29.2 Å². The second-order valence-electron chi connectivity index (χ2n) is 6.88. The van der Waals surface area contributed by atoms with Crippen molar-refractivity contribution in [3.05, 3.63) is 48.0 Å². The van der Waals surface area contributed by atoms with Crippen LogP contribution in [0.4, 0.5) is 11.4 Å². The molecule has 0 unspecified atom stereocenters. The summed E-state index contributed by atoms with van der Waals surface area (Å²) in [5.74, 6) is -0.188. The number of amides is 2. The van der Waals surface area contributed by atoms with Crippen molar-refractivity contribution in [3.63, 3.8) is 0 Å². The Labute approximate surface area is 174 Å². The molecule has 0 aromatic heterocycles. The first-order valence-electron chi connectivity index (χ1n) is 9.56. The molecular formula is C22H24N2O6. The lowest BCUT2D eigenvalue weighted by Gasteiger charge is -2.29. The number of ether oxygens (including phenoxy) is 3. The molecule has 1 aliphatic heterocycles. The topological polar surface area (TPSA) is 94.2 Å². The van der Waals surface area contributed by atoms with Gasteiger partial charge >= 0.3 is 5.97 Å². The third-order valence-electron chi connectivity index (χ3n) is 4.64. The van der Waals surface area contributed by atoms with Crippen molar-refractivity contribution in [1.29, 1.82) is 0 Å². The molecule has 1 N–H and O–H groups in total. The number of fused-ring (bicyclic) bond motifs is 1. The molecule has 2 aromatic rings. The molecule has 8 nitrogen and oxygen atoms in total. The zero-order valence-electron chi connectivity index (χ0n) is 17.1. The van der Waals surface area contributed by atoms with Crippen molar-refractivity contribution in [2.45, 2.75) is 26.4 Å². The Morgan fingerprint density at radius 2 is 2.00 bits per heavy atom. The molecule has 2 amide bonds. The molecular weight excluding hydrogens is 388 g/mol. The molecule has 2 aromatic carbocycles. The Kier molecular flexibility index (Phi) is 6.56. The summed E-state index contributed by atoms with van der Waals surface area (Å²) >= 11 is 0. The lowest BCUT2D eigenvalue weighted by molar-refractivity contribution is -0.153. The number of benzene rings is 2. The van der Waals surface area contributed by atoms with Crippen LogP contribution in [0.2, 0.25) is 0 Å². The molecule has 0 saturated carbocycles. The van der Waals surface area contributed by atoms with E-state index in [1.807, 2.05) is 19.1 Å². The molecule has 0 saturated heterocycles. The normalized spacial score (nSPS) is 13.7. The lowest BCUT2D eigenvalue weighted by Crippen LogP contribution is -2.40. The average molecular weight is 412 g/mol. The first-order valence-corrected chi connectivity index (χ1v) is 9.56. The van der Waals surface area contributed by atoms with E-state index < -0.39 is 18.0 Å². The van der Waals surface area contributed by atoms with E-state index in [0.29, 0.717) is 22.9 Å². The van der Waals surface area contributed by atoms with Crippen LogP contribution in [0.3, 0.4) is 0 Å². The third kappa shape index (κ3) is 4.89. The predicted octanol–water partition coefficient (Wildman–Crippen LogP) is 2.69. The maximum absolute atomic E-state index is 12.4. The molecule has 3 rings (SSSR count). The Morgan fingerprint density at radius 1 is 1.23 bits per heavy atom. The number of para-hydroxylation sites is 2. The fraction of sp³-hybridized carbons (Fsp3) is 0.318. The highest BCUT2D eigenvalue weighted by atomic mass is 16.5. The Bertz CT molecular complexity index is 958. The van der Waals surface area contributed by atoms with Crippen LogP contribution in [0, 0.1) is 6.92 Å². The van der Waals surface area contributed by atoms with Crippen molar-refractivity contribution in [2.24, 2.45) is 0 Å². The van der Waals surface area contributed by atoms with Gasteiger partial charge in [0.05, 0.1) is 24.9 Å². The van der Waals surface area contributed by atoms with Gasteiger partial charge in [0.2, 0.25) is 0 Å². The molecule has 158 valence electrons. The van der Waals surface area contributed by atoms with Gasteiger partial charge in [0, 0.05) is 6.54 Å². The minimum atomic E-state index is -1.00. The molecule has 0 fully saturated rings. The summed E-state index contributed by atoms with van der Waals surface area (Å²) in [7, 11) is 1.51. The smallest absolute Gasteiger partial charge is 0.308 e. The minimum absolute atomic E-state index is 0.0501. The fourth-order valence-corrected chi connectivity index (χ4v) is 3.07. The number of aryl methyl sites for hydroxylation is 1. The number of hydrogen-bond donors (Lipinski definition) is 1. The van der Waals surface area contributed by atoms with Gasteiger partial charge in [0.25, 0.3) is 11.8 Å². The highest BCUT2D eigenvalue weighted by Gasteiger charge is 2.26. The van der Waals surface area contributed by atoms with Gasteiger partial charge in [-0.25, -0.2) is 0 Å². The van der Waals surface area contributed by atoms with Gasteiger partial charge in [0.15, 0.2) is 12.7 Å². The molecule has 1 aliphatic rings. The van der Waals surface area contributed by atoms with Crippen LogP contribution in [0.1, 0.15) is 18.9 Å². The summed E-state index contributed by atoms with van der Waals surface area (Å²) in [5.41, 5.74) is 2.06. The highest BCUT2D eigenvalue weighted by molar-refractivity contribution is 5.98. The van der Waals surface area contributed by atoms with E-state index in [9.17, 15) is 14.4 Å². The number of esters is 1. The number of carbonyl (C=O) groups is 3. The molecule has 0 bridgehead atoms. The Hall–Kier alpha value is -3.55. The van der Waals surface area contributed by atoms with Crippen LogP contribution in [0.25, 0.3) is 0 Å². The zero-order chi connectivity index (χ0) is 21.7. The van der Waals surface area contributed by atoms with E-state index in [-0.39, 0.29) is 25.5 Å². The van der Waals surface area contributed by atoms with Crippen molar-refractivity contribution in [3.8, 4) is 11.5 Å². The molecule has 0 aliphatic carbocycles. The molecule has 1 atom stereocenters. The predicted molar refractivity (Wildman–Crippen MR) is 111 cm³/mol. The number of nitrogens with zero attached hydrogens (tertiary/aromatic N) is 1. The van der Waals surface area contributed by atoms with Crippen molar-refractivity contribution in [1.82, 2.24) is 0 Å². The summed E-state index contributed by atoms with van der Waals surface area (Å²) < 4.78 is 15.9. The van der Waals surface area contributed by atoms with Crippen LogP contribution in [-0.2, 0) is 19.1 Å². The SMILES string of the molecule is COc1ccc(C)cc1NC(=O)[C@@H](C)OC(=O)CCN1C(=O)COc2ccccc21. The molecule has 1 heterocycles. The first-order chi connectivity index (χ1) is 14.4. The van der Waals surface area contributed by atoms with Gasteiger partial charge < -0.3 is 24.4 Å². The van der Waals surface area contributed by atoms with E-state index in [1.165, 1.54) is 18.9 Å². The maximum Gasteiger partial charge on any atom is 0.308 e. The number of hydrogen-bond acceptors (Lipinski definition) is 6. The Balaban J connectivity index is 1.55. The highest BCUT2D eigenvalue weighted by Crippen LogP contribution is 2.31. The van der Waals surface area contributed by atoms with Gasteiger partial charge in [-0.1, -0.05) is 18.2 Å². The average Bonchev–Trinajstić information content (AvgIpc) is 2.73. The maximum atomic E-state index is 12.4. The number of nitrogens with one attached hydrogen (secondary N) is 1. The van der Waals surface area contributed by atoms with E-state index in [0.717, 1.165) is 5.56 Å². The summed E-state index contributed by atoms with van der Waals surface area (Å²) in [6, 6.07) is 12.5. The fourth-order valence-electron chi connectivity index (χ4n) is 3.07. The third-order valence-corrected chi connectivity index (χ3v) is 4.64. The first kappa shape index (κ1) is 21.2. The van der Waals surface area contributed by atoms with Crippen molar-refractivity contribution < 1.29 is 28.6 Å². The second-order valence-corrected chi connectivity index (χ2v) is 6.88. The van der Waals surface area contributed by atoms with Gasteiger partial charge in [-0.15, -0.1) is 0 Å². The molecule has 8 heteroatoms. The van der Waals surface area contributed by atoms with Crippen LogP contribution < -0.4 is 19.7 Å². The number of methoxy groups -OCH3 is 1. The van der Waals surface area contributed by atoms with Crippen LogP contribution in [0.5, 0.6) is 11.5 Å². The second kappa shape index (κ2) is 9.30. The van der Waals surface area contributed by atoms with E-state index >= 15 is 0 Å². The van der Waals surface area contributed by atoms with Crippen molar-refractivity contribution in [2.75, 3.05) is 30.5 Å². The quantitative estimate of drug-likeness (QED) is 0.703. The summed E-state index contributed by atoms with van der Waals surface area (Å²) in [6.07, 6.45) is -1.05. The lowest BCUT2D eigenvalue weighted by atomic mass is 10.2. The largest absolute Gasteiger partial charge is 0.495 e. The molecule has 0 spiro atoms. The molecule has 30 heavy (non-hydrogen) atoms. The number of anilines is 2. The zero-order valence-corrected chi connectivity index (χ0v) is 17.1. The van der Waals surface area contributed by atoms with Gasteiger partial charge in [0.1, 0.15) is 11.5 Å². The summed E-state index contributed by atoms with van der Waals surface area (Å²) in [4.78, 5) is 38.3. The minimum Gasteiger partial charge on any atom is -0.495 e. The van der Waals surface area contributed by atoms with Crippen LogP contribution in [-0.4, -0.2) is 44.1 Å². The summed E-state index contributed by atoms with van der Waals surface area (Å²) in [6.45, 7) is 3.44. The standard InChI is InChI=1S/C22H24N2O6/c1-14-8-9-18(28-3)16(12-14)23-22(27)15(2)30-21(26)10-11-24-17-6-4-5-7-19(17)29-13-20(24)25/h4-9,12,15H,10-11,13H2,1-3H3,(H,23,27)/t15-/m1/s1.